The molecular weight excluding hydrogens is 412 g/mol. The molecule has 0 heterocycles. The third-order valence-electron chi connectivity index (χ3n) is 5.89. The molecule has 1 unspecified atom stereocenters. The van der Waals surface area contributed by atoms with E-state index in [4.69, 9.17) is 0 Å². The lowest BCUT2D eigenvalue weighted by Crippen LogP contribution is -2.32. The van der Waals surface area contributed by atoms with Crippen molar-refractivity contribution >= 4 is 17.6 Å². The van der Waals surface area contributed by atoms with Gasteiger partial charge in [0, 0.05) is 37.4 Å². The third-order valence-corrected chi connectivity index (χ3v) is 5.89. The van der Waals surface area contributed by atoms with Crippen LogP contribution in [0.15, 0.2) is 54.6 Å². The fourth-order valence-electron chi connectivity index (χ4n) is 3.74. The number of ketones is 1. The highest BCUT2D eigenvalue weighted by molar-refractivity contribution is 5.98. The van der Waals surface area contributed by atoms with Crippen LogP contribution in [0.25, 0.3) is 11.1 Å². The molecule has 0 radical (unpaired) electrons. The zero-order valence-electron chi connectivity index (χ0n) is 20.1. The Morgan fingerprint density at radius 3 is 2.03 bits per heavy atom. The Bertz CT molecular complexity index is 862. The number of carbonyl (C=O) groups excluding carboxylic acids is 3. The van der Waals surface area contributed by atoms with Crippen LogP contribution < -0.4 is 10.6 Å². The van der Waals surface area contributed by atoms with Crippen molar-refractivity contribution in [3.8, 4) is 11.1 Å². The first-order chi connectivity index (χ1) is 16.0. The first-order valence-corrected chi connectivity index (χ1v) is 12.3. The number of unbranched alkanes of at least 4 members (excludes halogenated alkanes) is 2. The van der Waals surface area contributed by atoms with Crippen molar-refractivity contribution in [2.24, 2.45) is 5.92 Å². The Morgan fingerprint density at radius 2 is 1.39 bits per heavy atom. The molecule has 0 aromatic heterocycles. The average Bonchev–Trinajstić information content (AvgIpc) is 2.85. The molecule has 0 spiro atoms. The molecule has 5 heteroatoms. The highest BCUT2D eigenvalue weighted by atomic mass is 16.2. The minimum Gasteiger partial charge on any atom is -0.356 e. The zero-order valence-corrected chi connectivity index (χ0v) is 20.1. The van der Waals surface area contributed by atoms with Crippen LogP contribution in [0.3, 0.4) is 0 Å². The van der Waals surface area contributed by atoms with Crippen LogP contribution >= 0.6 is 0 Å². The number of rotatable bonds is 15. The summed E-state index contributed by atoms with van der Waals surface area (Å²) in [5.74, 6) is 0.113. The van der Waals surface area contributed by atoms with E-state index < -0.39 is 0 Å². The van der Waals surface area contributed by atoms with E-state index in [1.165, 1.54) is 0 Å². The maximum atomic E-state index is 12.4. The van der Waals surface area contributed by atoms with Gasteiger partial charge in [0.05, 0.1) is 0 Å². The number of amides is 2. The molecular formula is C28H38N2O3. The van der Waals surface area contributed by atoms with E-state index in [0.29, 0.717) is 18.7 Å². The van der Waals surface area contributed by atoms with E-state index in [2.05, 4.69) is 24.5 Å². The Labute approximate surface area is 198 Å². The van der Waals surface area contributed by atoms with Gasteiger partial charge in [0.2, 0.25) is 11.8 Å². The van der Waals surface area contributed by atoms with E-state index in [9.17, 15) is 14.4 Å². The number of carbonyl (C=O) groups is 3. The predicted molar refractivity (Wildman–Crippen MR) is 134 cm³/mol. The van der Waals surface area contributed by atoms with Gasteiger partial charge in [-0.3, -0.25) is 14.4 Å². The maximum Gasteiger partial charge on any atom is 0.223 e. The van der Waals surface area contributed by atoms with E-state index >= 15 is 0 Å². The van der Waals surface area contributed by atoms with Gasteiger partial charge in [0.15, 0.2) is 5.78 Å². The van der Waals surface area contributed by atoms with Crippen molar-refractivity contribution in [2.45, 2.75) is 65.2 Å². The van der Waals surface area contributed by atoms with E-state index in [-0.39, 0.29) is 36.4 Å². The summed E-state index contributed by atoms with van der Waals surface area (Å²) in [6.07, 6.45) is 6.02. The standard InChI is InChI=1S/C28H38N2O3/c1-3-5-11-22(4-2)28(33)30-21-10-9-20-29-27(32)19-18-26(31)25-16-14-24(15-17-25)23-12-7-6-8-13-23/h6-8,12-17,22H,3-5,9-11,18-21H2,1-2H3,(H,29,32)(H,30,33). The molecule has 2 aromatic carbocycles. The van der Waals surface area contributed by atoms with Gasteiger partial charge in [0.25, 0.3) is 0 Å². The van der Waals surface area contributed by atoms with Gasteiger partial charge in [-0.2, -0.15) is 0 Å². The molecule has 0 saturated carbocycles. The first-order valence-electron chi connectivity index (χ1n) is 12.3. The Hall–Kier alpha value is -2.95. The number of hydrogen-bond acceptors (Lipinski definition) is 3. The lowest BCUT2D eigenvalue weighted by Gasteiger charge is -2.14. The molecule has 0 fully saturated rings. The van der Waals surface area contributed by atoms with Gasteiger partial charge in [-0.1, -0.05) is 81.3 Å². The number of benzene rings is 2. The fourth-order valence-corrected chi connectivity index (χ4v) is 3.74. The molecule has 1 atom stereocenters. The Kier molecular flexibility index (Phi) is 11.9. The molecule has 0 aliphatic heterocycles. The summed E-state index contributed by atoms with van der Waals surface area (Å²) in [4.78, 5) is 36.6. The molecule has 2 aromatic rings. The summed E-state index contributed by atoms with van der Waals surface area (Å²) < 4.78 is 0. The number of nitrogens with one attached hydrogen (secondary N) is 2. The molecule has 0 aliphatic carbocycles. The van der Waals surface area contributed by atoms with Gasteiger partial charge in [-0.15, -0.1) is 0 Å². The van der Waals surface area contributed by atoms with Gasteiger partial charge < -0.3 is 10.6 Å². The third kappa shape index (κ3) is 9.60. The quantitative estimate of drug-likeness (QED) is 0.276. The summed E-state index contributed by atoms with van der Waals surface area (Å²) in [5, 5.41) is 5.87. The molecule has 178 valence electrons. The van der Waals surface area contributed by atoms with Crippen LogP contribution in [0, 0.1) is 5.92 Å². The highest BCUT2D eigenvalue weighted by Crippen LogP contribution is 2.20. The molecule has 0 aliphatic rings. The Balaban J connectivity index is 1.59. The summed E-state index contributed by atoms with van der Waals surface area (Å²) in [7, 11) is 0. The van der Waals surface area contributed by atoms with Crippen molar-refractivity contribution in [1.29, 1.82) is 0 Å². The van der Waals surface area contributed by atoms with Crippen molar-refractivity contribution in [3.05, 3.63) is 60.2 Å². The number of hydrogen-bond donors (Lipinski definition) is 2. The molecule has 0 bridgehead atoms. The van der Waals surface area contributed by atoms with E-state index in [0.717, 1.165) is 49.7 Å². The second-order valence-corrected chi connectivity index (χ2v) is 8.46. The number of Topliss-reactive ketones (excluding diaryl/α,β-unsaturated/α-hetero) is 1. The van der Waals surface area contributed by atoms with Crippen LogP contribution in [0.2, 0.25) is 0 Å². The van der Waals surface area contributed by atoms with Crippen molar-refractivity contribution < 1.29 is 14.4 Å². The molecule has 2 amide bonds. The normalized spacial score (nSPS) is 11.6. The molecule has 5 nitrogen and oxygen atoms in total. The Morgan fingerprint density at radius 1 is 0.758 bits per heavy atom. The van der Waals surface area contributed by atoms with Gasteiger partial charge in [0.1, 0.15) is 0 Å². The second kappa shape index (κ2) is 15.0. The van der Waals surface area contributed by atoms with Crippen molar-refractivity contribution in [2.75, 3.05) is 13.1 Å². The zero-order chi connectivity index (χ0) is 23.9. The monoisotopic (exact) mass is 450 g/mol. The predicted octanol–water partition coefficient (Wildman–Crippen LogP) is 5.55. The SMILES string of the molecule is CCCCC(CC)C(=O)NCCCCNC(=O)CCC(=O)c1ccc(-c2ccccc2)cc1. The van der Waals surface area contributed by atoms with Crippen LogP contribution in [0.4, 0.5) is 0 Å². The topological polar surface area (TPSA) is 75.3 Å². The van der Waals surface area contributed by atoms with E-state index in [1.807, 2.05) is 54.6 Å². The lowest BCUT2D eigenvalue weighted by molar-refractivity contribution is -0.125. The molecule has 33 heavy (non-hydrogen) atoms. The minimum absolute atomic E-state index is 0.0268. The maximum absolute atomic E-state index is 12.4. The lowest BCUT2D eigenvalue weighted by atomic mass is 9.98. The van der Waals surface area contributed by atoms with Crippen LogP contribution in [0.5, 0.6) is 0 Å². The minimum atomic E-state index is -0.112. The molecule has 2 N–H and O–H groups in total. The van der Waals surface area contributed by atoms with Crippen molar-refractivity contribution in [1.82, 2.24) is 10.6 Å². The largest absolute Gasteiger partial charge is 0.356 e. The molecule has 2 rings (SSSR count). The van der Waals surface area contributed by atoms with Crippen LogP contribution in [-0.2, 0) is 9.59 Å². The van der Waals surface area contributed by atoms with Crippen LogP contribution in [0.1, 0.15) is 75.6 Å². The van der Waals surface area contributed by atoms with E-state index in [1.54, 1.807) is 0 Å². The summed E-state index contributed by atoms with van der Waals surface area (Å²) in [6.45, 7) is 5.38. The smallest absolute Gasteiger partial charge is 0.223 e. The van der Waals surface area contributed by atoms with Gasteiger partial charge in [-0.05, 0) is 36.8 Å². The van der Waals surface area contributed by atoms with Gasteiger partial charge in [-0.25, -0.2) is 0 Å². The summed E-state index contributed by atoms with van der Waals surface area (Å²) >= 11 is 0. The fraction of sp³-hybridized carbons (Fsp3) is 0.464. The van der Waals surface area contributed by atoms with Crippen LogP contribution in [-0.4, -0.2) is 30.7 Å². The summed E-state index contributed by atoms with van der Waals surface area (Å²) in [6, 6.07) is 17.5. The molecule has 0 saturated heterocycles. The van der Waals surface area contributed by atoms with Crippen molar-refractivity contribution in [3.63, 3.8) is 0 Å². The van der Waals surface area contributed by atoms with Gasteiger partial charge >= 0.3 is 0 Å². The first kappa shape index (κ1) is 26.3. The summed E-state index contributed by atoms with van der Waals surface area (Å²) in [5.41, 5.74) is 2.80. The second-order valence-electron chi connectivity index (χ2n) is 8.46. The average molecular weight is 451 g/mol. The highest BCUT2D eigenvalue weighted by Gasteiger charge is 2.15.